The first-order valence-electron chi connectivity index (χ1n) is 8.99. The highest BCUT2D eigenvalue weighted by Crippen LogP contribution is 2.25. The maximum atomic E-state index is 12.7. The number of amides is 1. The third-order valence-corrected chi connectivity index (χ3v) is 8.91. The zero-order valence-corrected chi connectivity index (χ0v) is 17.8. The Hall–Kier alpha value is -1.35. The number of aryl methyl sites for hydroxylation is 1. The van der Waals surface area contributed by atoms with Crippen LogP contribution in [0.5, 0.6) is 0 Å². The second kappa shape index (κ2) is 9.23. The fourth-order valence-electron chi connectivity index (χ4n) is 2.94. The van der Waals surface area contributed by atoms with Crippen molar-refractivity contribution in [3.63, 3.8) is 0 Å². The molecule has 27 heavy (non-hydrogen) atoms. The Morgan fingerprint density at radius 2 is 1.78 bits per heavy atom. The molecule has 0 aliphatic carbocycles. The number of carbonyl (C=O) groups excluding carboxylic acids is 1. The van der Waals surface area contributed by atoms with E-state index in [4.69, 9.17) is 0 Å². The van der Waals surface area contributed by atoms with Crippen molar-refractivity contribution in [3.8, 4) is 0 Å². The summed E-state index contributed by atoms with van der Waals surface area (Å²) in [4.78, 5) is 16.4. The standard InChI is InChI=1S/C19H24N2O3S3/c1-16-9-10-19(26-16)27(23,24)21-13-11-20(12-14-21)18(22)8-5-15-25-17-6-3-2-4-7-17/h2-4,6-7,9-10H,5,8,11-15H2,1H3. The summed E-state index contributed by atoms with van der Waals surface area (Å²) in [6.45, 7) is 3.56. The minimum atomic E-state index is -3.43. The van der Waals surface area contributed by atoms with E-state index in [1.165, 1.54) is 20.5 Å². The van der Waals surface area contributed by atoms with Gasteiger partial charge in [0.1, 0.15) is 4.21 Å². The largest absolute Gasteiger partial charge is 0.340 e. The number of thiophene rings is 1. The molecule has 0 N–H and O–H groups in total. The van der Waals surface area contributed by atoms with Crippen LogP contribution in [0.4, 0.5) is 0 Å². The van der Waals surface area contributed by atoms with Gasteiger partial charge in [-0.1, -0.05) is 18.2 Å². The fourth-order valence-corrected chi connectivity index (χ4v) is 6.68. The summed E-state index contributed by atoms with van der Waals surface area (Å²) in [7, 11) is -3.43. The summed E-state index contributed by atoms with van der Waals surface area (Å²) in [6, 6.07) is 13.6. The Morgan fingerprint density at radius 1 is 1.07 bits per heavy atom. The lowest BCUT2D eigenvalue weighted by molar-refractivity contribution is -0.132. The van der Waals surface area contributed by atoms with Crippen molar-refractivity contribution in [1.29, 1.82) is 0 Å². The van der Waals surface area contributed by atoms with E-state index in [-0.39, 0.29) is 5.91 Å². The summed E-state index contributed by atoms with van der Waals surface area (Å²) in [5, 5.41) is 0. The molecule has 0 unspecified atom stereocenters. The van der Waals surface area contributed by atoms with E-state index >= 15 is 0 Å². The number of hydrogen-bond acceptors (Lipinski definition) is 5. The van der Waals surface area contributed by atoms with Crippen molar-refractivity contribution < 1.29 is 13.2 Å². The van der Waals surface area contributed by atoms with Gasteiger partial charge in [-0.15, -0.1) is 23.1 Å². The topological polar surface area (TPSA) is 57.7 Å². The Labute approximate surface area is 169 Å². The SMILES string of the molecule is Cc1ccc(S(=O)(=O)N2CCN(C(=O)CCCSc3ccccc3)CC2)s1. The molecule has 146 valence electrons. The van der Waals surface area contributed by atoms with E-state index in [0.717, 1.165) is 17.1 Å². The summed E-state index contributed by atoms with van der Waals surface area (Å²) in [5.41, 5.74) is 0. The van der Waals surface area contributed by atoms with Gasteiger partial charge < -0.3 is 4.90 Å². The number of rotatable bonds is 7. The molecule has 1 aliphatic rings. The van der Waals surface area contributed by atoms with Crippen LogP contribution in [0.2, 0.25) is 0 Å². The lowest BCUT2D eigenvalue weighted by atomic mass is 10.2. The van der Waals surface area contributed by atoms with Crippen LogP contribution in [0, 0.1) is 6.92 Å². The van der Waals surface area contributed by atoms with E-state index in [9.17, 15) is 13.2 Å². The van der Waals surface area contributed by atoms with Gasteiger partial charge in [-0.25, -0.2) is 8.42 Å². The zero-order valence-electron chi connectivity index (χ0n) is 15.3. The summed E-state index contributed by atoms with van der Waals surface area (Å²) in [6.07, 6.45) is 1.34. The van der Waals surface area contributed by atoms with Crippen molar-refractivity contribution in [1.82, 2.24) is 9.21 Å². The monoisotopic (exact) mass is 424 g/mol. The van der Waals surface area contributed by atoms with Crippen molar-refractivity contribution in [2.45, 2.75) is 28.9 Å². The molecule has 1 saturated heterocycles. The first-order valence-corrected chi connectivity index (χ1v) is 12.2. The van der Waals surface area contributed by atoms with E-state index in [1.807, 2.05) is 31.2 Å². The minimum absolute atomic E-state index is 0.118. The zero-order chi connectivity index (χ0) is 19.3. The second-order valence-corrected chi connectivity index (χ2v) is 11.0. The average Bonchev–Trinajstić information content (AvgIpc) is 3.13. The molecule has 1 fully saturated rings. The number of piperazine rings is 1. The number of hydrogen-bond donors (Lipinski definition) is 0. The maximum absolute atomic E-state index is 12.7. The lowest BCUT2D eigenvalue weighted by Gasteiger charge is -2.33. The third-order valence-electron chi connectivity index (χ3n) is 4.45. The Balaban J connectivity index is 1.42. The molecular formula is C19H24N2O3S3. The minimum Gasteiger partial charge on any atom is -0.340 e. The number of thioether (sulfide) groups is 1. The van der Waals surface area contributed by atoms with Gasteiger partial charge in [0.05, 0.1) is 0 Å². The van der Waals surface area contributed by atoms with Gasteiger partial charge in [0.25, 0.3) is 10.0 Å². The van der Waals surface area contributed by atoms with Gasteiger partial charge in [-0.2, -0.15) is 4.31 Å². The number of carbonyl (C=O) groups is 1. The number of sulfonamides is 1. The van der Waals surface area contributed by atoms with Gasteiger partial charge in [0.2, 0.25) is 5.91 Å². The maximum Gasteiger partial charge on any atom is 0.252 e. The molecule has 0 spiro atoms. The smallest absolute Gasteiger partial charge is 0.252 e. The van der Waals surface area contributed by atoms with Crippen molar-refractivity contribution in [2.75, 3.05) is 31.9 Å². The Kier molecular flexibility index (Phi) is 6.97. The molecule has 1 aliphatic heterocycles. The highest BCUT2D eigenvalue weighted by Gasteiger charge is 2.30. The van der Waals surface area contributed by atoms with Crippen molar-refractivity contribution in [2.24, 2.45) is 0 Å². The number of nitrogens with zero attached hydrogens (tertiary/aromatic N) is 2. The van der Waals surface area contributed by atoms with Gasteiger partial charge in [-0.05, 0) is 43.4 Å². The highest BCUT2D eigenvalue weighted by molar-refractivity contribution is 7.99. The first kappa shape index (κ1) is 20.4. The van der Waals surface area contributed by atoms with Gasteiger partial charge in [0.15, 0.2) is 0 Å². The van der Waals surface area contributed by atoms with Crippen LogP contribution in [-0.2, 0) is 14.8 Å². The molecule has 5 nitrogen and oxygen atoms in total. The normalized spacial score (nSPS) is 15.8. The van der Waals surface area contributed by atoms with E-state index in [0.29, 0.717) is 36.8 Å². The van der Waals surface area contributed by atoms with Crippen molar-refractivity contribution in [3.05, 3.63) is 47.3 Å². The predicted octanol–water partition coefficient (Wildman–Crippen LogP) is 3.46. The molecule has 3 rings (SSSR count). The van der Waals surface area contributed by atoms with Crippen LogP contribution in [0.15, 0.2) is 51.6 Å². The molecule has 1 aromatic heterocycles. The van der Waals surface area contributed by atoms with Crippen LogP contribution < -0.4 is 0 Å². The van der Waals surface area contributed by atoms with E-state index in [1.54, 1.807) is 22.7 Å². The molecule has 2 aromatic rings. The number of benzene rings is 1. The molecule has 0 radical (unpaired) electrons. The predicted molar refractivity (Wildman–Crippen MR) is 111 cm³/mol. The first-order chi connectivity index (χ1) is 13.0. The highest BCUT2D eigenvalue weighted by atomic mass is 32.2. The average molecular weight is 425 g/mol. The van der Waals surface area contributed by atoms with Crippen LogP contribution >= 0.6 is 23.1 Å². The summed E-state index contributed by atoms with van der Waals surface area (Å²) < 4.78 is 27.2. The molecule has 2 heterocycles. The molecule has 0 atom stereocenters. The summed E-state index contributed by atoms with van der Waals surface area (Å²) >= 11 is 3.05. The molecule has 0 bridgehead atoms. The molecular weight excluding hydrogens is 400 g/mol. The van der Waals surface area contributed by atoms with Crippen LogP contribution in [0.3, 0.4) is 0 Å². The Bertz CT molecular complexity index is 857. The molecule has 1 aromatic carbocycles. The van der Waals surface area contributed by atoms with Crippen LogP contribution in [-0.4, -0.2) is 55.5 Å². The quantitative estimate of drug-likeness (QED) is 0.505. The van der Waals surface area contributed by atoms with Crippen LogP contribution in [0.1, 0.15) is 17.7 Å². The third kappa shape index (κ3) is 5.34. The fraction of sp³-hybridized carbons (Fsp3) is 0.421. The second-order valence-electron chi connectivity index (χ2n) is 6.42. The summed E-state index contributed by atoms with van der Waals surface area (Å²) in [5.74, 6) is 1.02. The van der Waals surface area contributed by atoms with Gasteiger partial charge in [-0.3, -0.25) is 4.79 Å². The molecule has 8 heteroatoms. The van der Waals surface area contributed by atoms with Gasteiger partial charge >= 0.3 is 0 Å². The van der Waals surface area contributed by atoms with E-state index < -0.39 is 10.0 Å². The lowest BCUT2D eigenvalue weighted by Crippen LogP contribution is -2.50. The van der Waals surface area contributed by atoms with E-state index in [2.05, 4.69) is 12.1 Å². The van der Waals surface area contributed by atoms with Crippen LogP contribution in [0.25, 0.3) is 0 Å². The Morgan fingerprint density at radius 3 is 2.41 bits per heavy atom. The van der Waals surface area contributed by atoms with Gasteiger partial charge in [0, 0.05) is 42.4 Å². The van der Waals surface area contributed by atoms with Crippen molar-refractivity contribution >= 4 is 39.0 Å². The molecule has 1 amide bonds. The molecule has 0 saturated carbocycles.